The van der Waals surface area contributed by atoms with E-state index in [1.165, 1.54) is 0 Å². The Bertz CT molecular complexity index is 415. The van der Waals surface area contributed by atoms with Crippen LogP contribution in [-0.2, 0) is 4.79 Å². The Morgan fingerprint density at radius 1 is 1.05 bits per heavy atom. The topological polar surface area (TPSA) is 74.6 Å². The van der Waals surface area contributed by atoms with Gasteiger partial charge < -0.3 is 10.2 Å². The number of carboxylic acid groups (broad SMARTS) is 2. The number of carbonyl (C=O) groups is 2. The quantitative estimate of drug-likeness (QED) is 0.726. The molecule has 5 heteroatoms. The lowest BCUT2D eigenvalue weighted by Crippen LogP contribution is -2.74. The molecule has 2 fully saturated rings. The van der Waals surface area contributed by atoms with Gasteiger partial charge in [-0.2, -0.15) is 4.79 Å². The van der Waals surface area contributed by atoms with Crippen molar-refractivity contribution in [2.24, 2.45) is 11.8 Å². The van der Waals surface area contributed by atoms with Gasteiger partial charge in [0.25, 0.3) is 0 Å². The minimum atomic E-state index is -0.992. The van der Waals surface area contributed by atoms with E-state index in [0.717, 1.165) is 25.7 Å². The molecule has 114 valence electrons. The van der Waals surface area contributed by atoms with E-state index < -0.39 is 23.6 Å². The Labute approximate surface area is 120 Å². The Hall–Kier alpha value is -1.10. The van der Waals surface area contributed by atoms with Crippen molar-refractivity contribution in [3.05, 3.63) is 0 Å². The number of rotatable bonds is 1. The number of piperidine rings is 1. The highest BCUT2D eigenvalue weighted by molar-refractivity contribution is 5.75. The van der Waals surface area contributed by atoms with Crippen molar-refractivity contribution in [2.75, 3.05) is 6.54 Å². The lowest BCUT2D eigenvalue weighted by molar-refractivity contribution is -0.928. The zero-order chi connectivity index (χ0) is 15.1. The summed E-state index contributed by atoms with van der Waals surface area (Å²) < 4.78 is -0.330. The highest BCUT2D eigenvalue weighted by Gasteiger charge is 2.61. The number of likely N-dealkylation sites (tertiary alicyclic amines) is 1. The molecule has 4 atom stereocenters. The minimum absolute atomic E-state index is 0.330. The largest absolute Gasteiger partial charge is 0.514 e. The summed E-state index contributed by atoms with van der Waals surface area (Å²) in [5, 5.41) is 19.4. The van der Waals surface area contributed by atoms with Gasteiger partial charge in [-0.05, 0) is 39.5 Å². The molecule has 1 amide bonds. The third-order valence-electron chi connectivity index (χ3n) is 5.47. The van der Waals surface area contributed by atoms with Crippen LogP contribution in [0.2, 0.25) is 0 Å². The van der Waals surface area contributed by atoms with Crippen LogP contribution in [0.4, 0.5) is 4.79 Å². The monoisotopic (exact) mass is 284 g/mol. The Kier molecular flexibility index (Phi) is 3.84. The molecule has 0 radical (unpaired) electrons. The number of aliphatic carboxylic acids is 1. The van der Waals surface area contributed by atoms with Gasteiger partial charge in [0.05, 0.1) is 6.54 Å². The lowest BCUT2D eigenvalue weighted by atomic mass is 9.70. The number of fused-ring (bicyclic) bond motifs is 1. The molecule has 1 heterocycles. The summed E-state index contributed by atoms with van der Waals surface area (Å²) in [4.78, 5) is 23.7. The summed E-state index contributed by atoms with van der Waals surface area (Å²) >= 11 is 0. The Balaban J connectivity index is 2.45. The molecule has 2 N–H and O–H groups in total. The average molecular weight is 284 g/mol. The number of carboxylic acids is 1. The summed E-state index contributed by atoms with van der Waals surface area (Å²) in [6.45, 7) is 6.00. The second kappa shape index (κ2) is 5.02. The molecular weight excluding hydrogens is 258 g/mol. The van der Waals surface area contributed by atoms with E-state index in [9.17, 15) is 19.8 Å². The number of amides is 1. The van der Waals surface area contributed by atoms with Gasteiger partial charge >= 0.3 is 12.1 Å². The number of hydrogen-bond acceptors (Lipinski definition) is 2. The van der Waals surface area contributed by atoms with Crippen LogP contribution in [0.15, 0.2) is 0 Å². The molecule has 1 unspecified atom stereocenters. The van der Waals surface area contributed by atoms with Gasteiger partial charge in [-0.25, -0.2) is 9.28 Å². The first-order valence-electron chi connectivity index (χ1n) is 7.54. The van der Waals surface area contributed by atoms with E-state index in [0.29, 0.717) is 24.8 Å². The molecule has 1 aliphatic carbocycles. The molecule has 0 aromatic rings. The van der Waals surface area contributed by atoms with E-state index in [1.54, 1.807) is 0 Å². The first-order valence-corrected chi connectivity index (χ1v) is 7.54. The zero-order valence-electron chi connectivity index (χ0n) is 12.6. The molecule has 1 aliphatic heterocycles. The summed E-state index contributed by atoms with van der Waals surface area (Å²) in [7, 11) is 0. The number of nitrogens with zero attached hydrogens (tertiary/aromatic N) is 1. The van der Waals surface area contributed by atoms with E-state index in [-0.39, 0.29) is 4.48 Å². The van der Waals surface area contributed by atoms with Crippen LogP contribution >= 0.6 is 0 Å². The van der Waals surface area contributed by atoms with Gasteiger partial charge in [0.1, 0.15) is 5.54 Å². The summed E-state index contributed by atoms with van der Waals surface area (Å²) in [5.41, 5.74) is -0.614. The van der Waals surface area contributed by atoms with Crippen molar-refractivity contribution < 1.29 is 24.3 Å². The van der Waals surface area contributed by atoms with Crippen molar-refractivity contribution in [1.82, 2.24) is 0 Å². The molecule has 20 heavy (non-hydrogen) atoms. The Morgan fingerprint density at radius 3 is 2.05 bits per heavy atom. The molecule has 2 rings (SSSR count). The summed E-state index contributed by atoms with van der Waals surface area (Å²) in [6, 6.07) is -0.827. The van der Waals surface area contributed by atoms with Crippen molar-refractivity contribution >= 4 is 12.1 Å². The molecule has 0 aromatic carbocycles. The molecule has 5 nitrogen and oxygen atoms in total. The van der Waals surface area contributed by atoms with Crippen LogP contribution in [0.3, 0.4) is 0 Å². The first kappa shape index (κ1) is 15.3. The van der Waals surface area contributed by atoms with E-state index in [2.05, 4.69) is 0 Å². The van der Waals surface area contributed by atoms with Gasteiger partial charge in [-0.15, -0.1) is 0 Å². The highest BCUT2D eigenvalue weighted by atomic mass is 16.4. The van der Waals surface area contributed by atoms with Crippen LogP contribution in [0, 0.1) is 11.8 Å². The highest BCUT2D eigenvalue weighted by Crippen LogP contribution is 2.45. The predicted octanol–water partition coefficient (Wildman–Crippen LogP) is 2.94. The Morgan fingerprint density at radius 2 is 1.60 bits per heavy atom. The summed E-state index contributed by atoms with van der Waals surface area (Å²) in [5.74, 6) is -0.223. The average Bonchev–Trinajstić information content (AvgIpc) is 2.35. The normalized spacial score (nSPS) is 38.0. The number of hydrogen-bond donors (Lipinski definition) is 2. The van der Waals surface area contributed by atoms with E-state index in [1.807, 2.05) is 20.8 Å². The molecule has 0 aromatic heterocycles. The van der Waals surface area contributed by atoms with Crippen LogP contribution in [0.5, 0.6) is 0 Å². The van der Waals surface area contributed by atoms with Crippen molar-refractivity contribution in [3.8, 4) is 0 Å². The molecule has 1 saturated heterocycles. The smallest absolute Gasteiger partial charge is 0.477 e. The second-order valence-corrected chi connectivity index (χ2v) is 7.40. The predicted molar refractivity (Wildman–Crippen MR) is 74.4 cm³/mol. The second-order valence-electron chi connectivity index (χ2n) is 7.40. The van der Waals surface area contributed by atoms with Crippen molar-refractivity contribution in [3.63, 3.8) is 0 Å². The standard InChI is InChI=1S/C15H25NO4/c1-15(2,3)16(14(19)20)9-11-7-5-4-6-10(11)8-12(16)13(17)18/h10-12H,4-9H2,1-3H3,(H-,17,18,19,20)/p+1/t10-,11+,12-,16?/m0/s1. The minimum Gasteiger partial charge on any atom is -0.477 e. The third-order valence-corrected chi connectivity index (χ3v) is 5.47. The van der Waals surface area contributed by atoms with Gasteiger partial charge in [0.2, 0.25) is 0 Å². The van der Waals surface area contributed by atoms with Gasteiger partial charge in [0.15, 0.2) is 6.04 Å². The molecule has 2 aliphatic rings. The van der Waals surface area contributed by atoms with Crippen molar-refractivity contribution in [2.45, 2.75) is 64.5 Å². The summed E-state index contributed by atoms with van der Waals surface area (Å²) in [6.07, 6.45) is 3.90. The van der Waals surface area contributed by atoms with Crippen molar-refractivity contribution in [1.29, 1.82) is 0 Å². The van der Waals surface area contributed by atoms with Gasteiger partial charge in [-0.3, -0.25) is 0 Å². The van der Waals surface area contributed by atoms with Gasteiger partial charge in [-0.1, -0.05) is 12.8 Å². The zero-order valence-corrected chi connectivity index (χ0v) is 12.6. The maximum atomic E-state index is 12.0. The maximum absolute atomic E-state index is 12.0. The fraction of sp³-hybridized carbons (Fsp3) is 0.867. The van der Waals surface area contributed by atoms with Crippen LogP contribution in [0.25, 0.3) is 0 Å². The maximum Gasteiger partial charge on any atom is 0.514 e. The van der Waals surface area contributed by atoms with Gasteiger partial charge in [0, 0.05) is 12.3 Å². The van der Waals surface area contributed by atoms with E-state index in [4.69, 9.17) is 0 Å². The van der Waals surface area contributed by atoms with E-state index >= 15 is 0 Å². The van der Waals surface area contributed by atoms with Crippen LogP contribution in [-0.4, -0.2) is 44.9 Å². The third kappa shape index (κ3) is 2.22. The van der Waals surface area contributed by atoms with Crippen LogP contribution in [0.1, 0.15) is 52.9 Å². The molecule has 0 bridgehead atoms. The number of quaternary nitrogens is 1. The van der Waals surface area contributed by atoms with Crippen LogP contribution < -0.4 is 0 Å². The SMILES string of the molecule is CC(C)(C)[N+]1(C(=O)O)C[C@H]2CCCC[C@H]2C[C@H]1C(=O)O. The fourth-order valence-electron chi connectivity index (χ4n) is 4.33. The molecule has 0 spiro atoms. The lowest BCUT2D eigenvalue weighted by Gasteiger charge is -2.54. The fourth-order valence-corrected chi connectivity index (χ4v) is 4.33. The first-order chi connectivity index (χ1) is 9.20. The molecule has 1 saturated carbocycles. The molecular formula is C15H26NO4+.